The molecule has 4 amide bonds. The fourth-order valence-electron chi connectivity index (χ4n) is 6.12. The first-order valence-corrected chi connectivity index (χ1v) is 20.8. The van der Waals surface area contributed by atoms with Crippen molar-refractivity contribution in [1.82, 2.24) is 20.3 Å². The molecule has 4 rings (SSSR count). The molecule has 0 radical (unpaired) electrons. The van der Waals surface area contributed by atoms with Crippen LogP contribution in [0.3, 0.4) is 0 Å². The van der Waals surface area contributed by atoms with Crippen LogP contribution in [0.15, 0.2) is 53.4 Å². The van der Waals surface area contributed by atoms with Crippen LogP contribution in [0.4, 0.5) is 5.69 Å². The Morgan fingerprint density at radius 2 is 1.65 bits per heavy atom. The van der Waals surface area contributed by atoms with Crippen molar-refractivity contribution in [1.29, 1.82) is 0 Å². The topological polar surface area (TPSA) is 183 Å². The Balaban J connectivity index is 1.96. The number of amides is 4. The summed E-state index contributed by atoms with van der Waals surface area (Å²) in [7, 11) is -4.11. The molecule has 2 aromatic carbocycles. The van der Waals surface area contributed by atoms with Crippen LogP contribution in [0.25, 0.3) is 0 Å². The molecule has 0 fully saturated rings. The third-order valence-corrected chi connectivity index (χ3v) is 11.3. The van der Waals surface area contributed by atoms with Gasteiger partial charge in [-0.05, 0) is 92.8 Å². The lowest BCUT2D eigenvalue weighted by atomic mass is 9.99. The maximum Gasteiger partial charge on any atom is 0.243 e. The van der Waals surface area contributed by atoms with E-state index >= 15 is 0 Å². The van der Waals surface area contributed by atoms with Crippen molar-refractivity contribution in [3.63, 3.8) is 0 Å². The molecule has 0 aliphatic carbocycles. The second kappa shape index (κ2) is 22.4. The first kappa shape index (κ1) is 44.4. The summed E-state index contributed by atoms with van der Waals surface area (Å²) >= 11 is 0. The van der Waals surface area contributed by atoms with Crippen molar-refractivity contribution in [3.8, 4) is 5.75 Å². The van der Waals surface area contributed by atoms with Crippen LogP contribution in [-0.2, 0) is 35.6 Å². The van der Waals surface area contributed by atoms with E-state index in [1.165, 1.54) is 35.5 Å². The molecule has 2 aliphatic rings. The molecule has 0 saturated carbocycles. The van der Waals surface area contributed by atoms with Gasteiger partial charge < -0.3 is 31.1 Å². The van der Waals surface area contributed by atoms with Gasteiger partial charge in [-0.2, -0.15) is 4.31 Å². The van der Waals surface area contributed by atoms with Crippen LogP contribution < -0.4 is 26.0 Å². The smallest absolute Gasteiger partial charge is 0.243 e. The molecule has 5 N–H and O–H groups in total. The Morgan fingerprint density at radius 3 is 2.28 bits per heavy atom. The molecule has 2 heterocycles. The van der Waals surface area contributed by atoms with E-state index in [4.69, 9.17) is 4.74 Å². The first-order valence-electron chi connectivity index (χ1n) is 19.4. The normalized spacial score (nSPS) is 19.4. The van der Waals surface area contributed by atoms with Gasteiger partial charge in [-0.3, -0.25) is 19.2 Å². The Kier molecular flexibility index (Phi) is 18.4. The van der Waals surface area contributed by atoms with Crippen LogP contribution >= 0.6 is 0 Å². The van der Waals surface area contributed by atoms with E-state index in [1.807, 2.05) is 52.0 Å². The molecule has 14 heteroatoms. The number of nitrogens with zero attached hydrogens (tertiary/aromatic N) is 1. The second-order valence-corrected chi connectivity index (χ2v) is 16.5. The van der Waals surface area contributed by atoms with E-state index in [0.717, 1.165) is 18.4 Å². The summed E-state index contributed by atoms with van der Waals surface area (Å²) < 4.78 is 35.3. The molecule has 0 saturated heterocycles. The molecule has 13 nitrogen and oxygen atoms in total. The number of carbonyl (C=O) groups excluding carboxylic acids is 4. The fraction of sp³-hybridized carbons (Fsp3) is 0.600. The zero-order valence-electron chi connectivity index (χ0n) is 32.6. The number of benzene rings is 2. The number of carbonyl (C=O) groups is 4. The predicted octanol–water partition coefficient (Wildman–Crippen LogP) is 4.68. The molecule has 0 aromatic heterocycles. The van der Waals surface area contributed by atoms with E-state index in [9.17, 15) is 32.7 Å². The number of sulfonamides is 1. The molecule has 300 valence electrons. The van der Waals surface area contributed by atoms with E-state index in [-0.39, 0.29) is 42.1 Å². The number of nitrogens with one attached hydrogen (secondary N) is 4. The minimum Gasteiger partial charge on any atom is -0.494 e. The van der Waals surface area contributed by atoms with E-state index in [0.29, 0.717) is 69.4 Å². The van der Waals surface area contributed by atoms with Gasteiger partial charge in [-0.15, -0.1) is 0 Å². The Morgan fingerprint density at radius 1 is 0.963 bits per heavy atom. The van der Waals surface area contributed by atoms with Gasteiger partial charge in [0.1, 0.15) is 17.8 Å². The highest BCUT2D eigenvalue weighted by Gasteiger charge is 2.33. The summed E-state index contributed by atoms with van der Waals surface area (Å²) in [5.74, 6) is -0.671. The Bertz CT molecular complexity index is 1600. The molecule has 2 aromatic rings. The maximum absolute atomic E-state index is 14.1. The summed E-state index contributed by atoms with van der Waals surface area (Å²) in [5.41, 5.74) is 1.23. The maximum atomic E-state index is 14.1. The van der Waals surface area contributed by atoms with Gasteiger partial charge in [0.05, 0.1) is 23.6 Å². The third-order valence-electron chi connectivity index (χ3n) is 9.37. The van der Waals surface area contributed by atoms with E-state index < -0.39 is 46.1 Å². The summed E-state index contributed by atoms with van der Waals surface area (Å²) in [5, 5.41) is 23.2. The van der Waals surface area contributed by atoms with Crippen molar-refractivity contribution in [3.05, 3.63) is 54.1 Å². The minimum atomic E-state index is -4.11. The highest BCUT2D eigenvalue weighted by molar-refractivity contribution is 7.89. The van der Waals surface area contributed by atoms with Crippen LogP contribution in [0.2, 0.25) is 0 Å². The standard InChI is InChI=1S/C40H61N5O8S/c1-6-8-12-35-40(50)44-36(37(47)27-45(24-23-28(3)4)54(51,52)33-21-17-31(18-22-33)41-29(5)46)26-30-15-19-32(20-16-30)53-25-11-10-13-34(39(49)43-35)42-38(48)14-9-7-2/h15-22,28,34-37,47H,6-14,23-27H2,1-5H3,(H,41,46)(H,42,48)(H,43,49)(H,44,50)/t34-,35-,36+,37-/m1/s1. The number of unbranched alkanes of at least 4 members (excludes halogenated alkanes) is 2. The molecule has 4 atom stereocenters. The predicted molar refractivity (Wildman–Crippen MR) is 209 cm³/mol. The van der Waals surface area contributed by atoms with Crippen molar-refractivity contribution < 1.29 is 37.4 Å². The second-order valence-electron chi connectivity index (χ2n) is 14.6. The number of hydrogen-bond acceptors (Lipinski definition) is 8. The van der Waals surface area contributed by atoms with Crippen LogP contribution in [0.5, 0.6) is 5.75 Å². The van der Waals surface area contributed by atoms with Gasteiger partial charge in [0.15, 0.2) is 0 Å². The SMILES string of the molecule is CCCCC(=O)N[C@@H]1CCCCOc2ccc(cc2)C[C@@H]([C@H](O)CN(CCC(C)C)S(=O)(=O)c2ccc(NC(C)=O)cc2)NC(=O)[C@@H](CCCC)NC1=O. The zero-order valence-corrected chi connectivity index (χ0v) is 33.4. The number of rotatable bonds is 16. The number of fused-ring (bicyclic) bond motifs is 14. The highest BCUT2D eigenvalue weighted by atomic mass is 32.2. The van der Waals surface area contributed by atoms with Crippen molar-refractivity contribution in [2.45, 2.75) is 134 Å². The molecule has 0 unspecified atom stereocenters. The van der Waals surface area contributed by atoms with Gasteiger partial charge >= 0.3 is 0 Å². The van der Waals surface area contributed by atoms with E-state index in [2.05, 4.69) is 21.3 Å². The van der Waals surface area contributed by atoms with Crippen molar-refractivity contribution in [2.24, 2.45) is 5.92 Å². The van der Waals surface area contributed by atoms with Gasteiger partial charge in [0, 0.05) is 32.1 Å². The quantitative estimate of drug-likeness (QED) is 0.163. The first-order chi connectivity index (χ1) is 25.7. The Hall–Kier alpha value is -4.01. The number of anilines is 1. The van der Waals surface area contributed by atoms with Gasteiger partial charge in [-0.25, -0.2) is 8.42 Å². The lowest BCUT2D eigenvalue weighted by Gasteiger charge is -2.31. The average Bonchev–Trinajstić information content (AvgIpc) is 3.13. The molecule has 2 aliphatic heterocycles. The number of ether oxygens (including phenoxy) is 1. The van der Waals surface area contributed by atoms with E-state index in [1.54, 1.807) is 0 Å². The summed E-state index contributed by atoms with van der Waals surface area (Å²) in [6.45, 7) is 9.51. The van der Waals surface area contributed by atoms with Gasteiger partial charge in [0.2, 0.25) is 33.7 Å². The third kappa shape index (κ3) is 14.7. The highest BCUT2D eigenvalue weighted by Crippen LogP contribution is 2.22. The van der Waals surface area contributed by atoms with Crippen LogP contribution in [0, 0.1) is 5.92 Å². The van der Waals surface area contributed by atoms with Crippen LogP contribution in [0.1, 0.15) is 104 Å². The zero-order chi connectivity index (χ0) is 39.7. The summed E-state index contributed by atoms with van der Waals surface area (Å²) in [6.07, 6.45) is 4.54. The van der Waals surface area contributed by atoms with Crippen molar-refractivity contribution >= 4 is 39.3 Å². The summed E-state index contributed by atoms with van der Waals surface area (Å²) in [4.78, 5) is 52.0. The molecule has 0 spiro atoms. The minimum absolute atomic E-state index is 0.000211. The molecule has 54 heavy (non-hydrogen) atoms. The number of aliphatic hydroxyl groups excluding tert-OH is 1. The lowest BCUT2D eigenvalue weighted by molar-refractivity contribution is -0.133. The van der Waals surface area contributed by atoms with Crippen LogP contribution in [-0.4, -0.2) is 85.4 Å². The largest absolute Gasteiger partial charge is 0.494 e. The molecule has 2 bridgehead atoms. The molecular formula is C40H61N5O8S. The van der Waals surface area contributed by atoms with Gasteiger partial charge in [-0.1, -0.05) is 59.1 Å². The lowest BCUT2D eigenvalue weighted by Crippen LogP contribution is -2.57. The average molecular weight is 772 g/mol. The number of hydrogen-bond donors (Lipinski definition) is 5. The van der Waals surface area contributed by atoms with Gasteiger partial charge in [0.25, 0.3) is 0 Å². The monoisotopic (exact) mass is 771 g/mol. The summed E-state index contributed by atoms with van der Waals surface area (Å²) in [6, 6.07) is 10.4. The molecular weight excluding hydrogens is 711 g/mol. The van der Waals surface area contributed by atoms with Crippen molar-refractivity contribution in [2.75, 3.05) is 25.0 Å². The fourth-order valence-corrected chi connectivity index (χ4v) is 7.59. The number of aliphatic hydroxyl groups is 1. The Labute approximate surface area is 321 Å².